The van der Waals surface area contributed by atoms with Gasteiger partial charge in [0.25, 0.3) is 5.91 Å². The summed E-state index contributed by atoms with van der Waals surface area (Å²) in [6.07, 6.45) is -0.163. The van der Waals surface area contributed by atoms with E-state index >= 15 is 0 Å². The third-order valence-corrected chi connectivity index (χ3v) is 4.04. The van der Waals surface area contributed by atoms with E-state index < -0.39 is 23.7 Å². The van der Waals surface area contributed by atoms with Crippen molar-refractivity contribution in [1.29, 1.82) is 5.26 Å². The minimum atomic E-state index is -4.68. The predicted octanol–water partition coefficient (Wildman–Crippen LogP) is 3.92. The Hall–Kier alpha value is -3.80. The van der Waals surface area contributed by atoms with Crippen molar-refractivity contribution in [3.8, 4) is 17.5 Å². The number of amides is 1. The lowest BCUT2D eigenvalue weighted by molar-refractivity contribution is -0.137. The molecule has 0 fully saturated rings. The first-order chi connectivity index (χ1) is 13.8. The molecule has 3 aromatic rings. The Morgan fingerprint density at radius 3 is 2.52 bits per heavy atom. The molecule has 2 aromatic heterocycles. The van der Waals surface area contributed by atoms with Crippen molar-refractivity contribution in [2.45, 2.75) is 19.1 Å². The molecule has 0 saturated heterocycles. The van der Waals surface area contributed by atoms with Crippen molar-refractivity contribution in [3.63, 3.8) is 0 Å². The third kappa shape index (κ3) is 4.55. The number of aromatic nitrogens is 3. The van der Waals surface area contributed by atoms with Gasteiger partial charge in [-0.1, -0.05) is 6.07 Å². The Labute approximate surface area is 164 Å². The second kappa shape index (κ2) is 8.06. The summed E-state index contributed by atoms with van der Waals surface area (Å²) in [7, 11) is 0. The van der Waals surface area contributed by atoms with Crippen LogP contribution in [0.25, 0.3) is 11.4 Å². The average Bonchev–Trinajstić information content (AvgIpc) is 2.73. The van der Waals surface area contributed by atoms with Crippen molar-refractivity contribution < 1.29 is 18.0 Å². The molecule has 146 valence electrons. The van der Waals surface area contributed by atoms with Gasteiger partial charge in [0.1, 0.15) is 5.69 Å². The van der Waals surface area contributed by atoms with Gasteiger partial charge in [0.05, 0.1) is 34.6 Å². The van der Waals surface area contributed by atoms with E-state index in [2.05, 4.69) is 20.3 Å². The number of nitriles is 1. The molecule has 1 unspecified atom stereocenters. The normalized spacial score (nSPS) is 12.1. The molecule has 2 heterocycles. The Kier molecular flexibility index (Phi) is 5.54. The lowest BCUT2D eigenvalue weighted by Crippen LogP contribution is -2.28. The lowest BCUT2D eigenvalue weighted by atomic mass is 10.0. The number of rotatable bonds is 4. The van der Waals surface area contributed by atoms with Crippen LogP contribution in [-0.4, -0.2) is 20.9 Å². The smallest absolute Gasteiger partial charge is 0.344 e. The molecule has 1 N–H and O–H groups in total. The van der Waals surface area contributed by atoms with Crippen molar-refractivity contribution in [3.05, 3.63) is 77.4 Å². The summed E-state index contributed by atoms with van der Waals surface area (Å²) in [4.78, 5) is 25.3. The van der Waals surface area contributed by atoms with E-state index in [1.807, 2.05) is 0 Å². The zero-order valence-corrected chi connectivity index (χ0v) is 15.1. The Bertz CT molecular complexity index is 1080. The summed E-state index contributed by atoms with van der Waals surface area (Å²) < 4.78 is 39.1. The lowest BCUT2D eigenvalue weighted by Gasteiger charge is -2.17. The summed E-state index contributed by atoms with van der Waals surface area (Å²) in [6.45, 7) is 1.63. The molecule has 0 aliphatic rings. The number of alkyl halides is 3. The SMILES string of the molecule is CC(NC(=O)c1cc(C#N)cc(C(F)(F)F)c1)c1nccnc1-c1ccccn1. The van der Waals surface area contributed by atoms with E-state index in [1.165, 1.54) is 12.4 Å². The van der Waals surface area contributed by atoms with E-state index in [4.69, 9.17) is 5.26 Å². The largest absolute Gasteiger partial charge is 0.416 e. The van der Waals surface area contributed by atoms with Gasteiger partial charge in [0.15, 0.2) is 0 Å². The molecule has 0 saturated carbocycles. The van der Waals surface area contributed by atoms with E-state index in [9.17, 15) is 18.0 Å². The molecule has 9 heteroatoms. The van der Waals surface area contributed by atoms with Gasteiger partial charge >= 0.3 is 6.18 Å². The van der Waals surface area contributed by atoms with Gasteiger partial charge in [-0.05, 0) is 37.3 Å². The van der Waals surface area contributed by atoms with Crippen LogP contribution in [0.4, 0.5) is 13.2 Å². The first kappa shape index (κ1) is 19.9. The maximum Gasteiger partial charge on any atom is 0.416 e. The number of carbonyl (C=O) groups is 1. The first-order valence-electron chi connectivity index (χ1n) is 8.45. The maximum absolute atomic E-state index is 13.0. The molecular formula is C20H14F3N5O. The number of hydrogen-bond acceptors (Lipinski definition) is 5. The molecule has 1 amide bonds. The number of benzene rings is 1. The molecule has 6 nitrogen and oxygen atoms in total. The monoisotopic (exact) mass is 397 g/mol. The summed E-state index contributed by atoms with van der Waals surface area (Å²) in [5.41, 5.74) is -0.196. The molecule has 0 radical (unpaired) electrons. The summed E-state index contributed by atoms with van der Waals surface area (Å²) in [5, 5.41) is 11.6. The molecule has 1 aromatic carbocycles. The van der Waals surface area contributed by atoms with Crippen LogP contribution < -0.4 is 5.32 Å². The number of nitrogens with zero attached hydrogens (tertiary/aromatic N) is 4. The molecular weight excluding hydrogens is 383 g/mol. The second-order valence-electron chi connectivity index (χ2n) is 6.11. The van der Waals surface area contributed by atoms with Crippen molar-refractivity contribution >= 4 is 5.91 Å². The minimum Gasteiger partial charge on any atom is -0.344 e. The highest BCUT2D eigenvalue weighted by Crippen LogP contribution is 2.31. The van der Waals surface area contributed by atoms with Gasteiger partial charge in [-0.2, -0.15) is 18.4 Å². The summed E-state index contributed by atoms with van der Waals surface area (Å²) in [5.74, 6) is -0.766. The van der Waals surface area contributed by atoms with Gasteiger partial charge < -0.3 is 5.32 Å². The molecule has 0 bridgehead atoms. The van der Waals surface area contributed by atoms with E-state index in [-0.39, 0.29) is 11.1 Å². The molecule has 0 aliphatic carbocycles. The van der Waals surface area contributed by atoms with Gasteiger partial charge in [0, 0.05) is 24.2 Å². The van der Waals surface area contributed by atoms with Crippen LogP contribution in [0.1, 0.15) is 40.1 Å². The van der Waals surface area contributed by atoms with Crippen LogP contribution in [-0.2, 0) is 6.18 Å². The van der Waals surface area contributed by atoms with E-state index in [0.29, 0.717) is 29.2 Å². The second-order valence-corrected chi connectivity index (χ2v) is 6.11. The minimum absolute atomic E-state index is 0.258. The van der Waals surface area contributed by atoms with Crippen molar-refractivity contribution in [2.24, 2.45) is 0 Å². The quantitative estimate of drug-likeness (QED) is 0.721. The Balaban J connectivity index is 1.91. The highest BCUT2D eigenvalue weighted by molar-refractivity contribution is 5.95. The topological polar surface area (TPSA) is 91.6 Å². The summed E-state index contributed by atoms with van der Waals surface area (Å²) >= 11 is 0. The number of hydrogen-bond donors (Lipinski definition) is 1. The molecule has 0 aliphatic heterocycles. The van der Waals surface area contributed by atoms with Crippen LogP contribution in [0, 0.1) is 11.3 Å². The van der Waals surface area contributed by atoms with Gasteiger partial charge in [-0.15, -0.1) is 0 Å². The fourth-order valence-corrected chi connectivity index (χ4v) is 2.70. The molecule has 3 rings (SSSR count). The van der Waals surface area contributed by atoms with Gasteiger partial charge in [0.2, 0.25) is 0 Å². The number of carbonyl (C=O) groups excluding carboxylic acids is 1. The fraction of sp³-hybridized carbons (Fsp3) is 0.150. The van der Waals surface area contributed by atoms with Crippen LogP contribution in [0.2, 0.25) is 0 Å². The Morgan fingerprint density at radius 1 is 1.10 bits per heavy atom. The number of nitrogens with one attached hydrogen (secondary N) is 1. The average molecular weight is 397 g/mol. The van der Waals surface area contributed by atoms with Crippen LogP contribution in [0.3, 0.4) is 0 Å². The number of halogens is 3. The fourth-order valence-electron chi connectivity index (χ4n) is 2.70. The summed E-state index contributed by atoms with van der Waals surface area (Å²) in [6, 6.07) is 8.72. The van der Waals surface area contributed by atoms with Crippen molar-refractivity contribution in [1.82, 2.24) is 20.3 Å². The predicted molar refractivity (Wildman–Crippen MR) is 97.3 cm³/mol. The molecule has 1 atom stereocenters. The highest BCUT2D eigenvalue weighted by atomic mass is 19.4. The van der Waals surface area contributed by atoms with E-state index in [1.54, 1.807) is 37.4 Å². The first-order valence-corrected chi connectivity index (χ1v) is 8.45. The van der Waals surface area contributed by atoms with E-state index in [0.717, 1.165) is 6.07 Å². The van der Waals surface area contributed by atoms with Gasteiger partial charge in [-0.25, -0.2) is 0 Å². The molecule has 0 spiro atoms. The third-order valence-electron chi connectivity index (χ3n) is 4.04. The van der Waals surface area contributed by atoms with Crippen LogP contribution in [0.5, 0.6) is 0 Å². The zero-order chi connectivity index (χ0) is 21.0. The zero-order valence-electron chi connectivity index (χ0n) is 15.1. The number of pyridine rings is 1. The van der Waals surface area contributed by atoms with Crippen molar-refractivity contribution in [2.75, 3.05) is 0 Å². The molecule has 29 heavy (non-hydrogen) atoms. The Morgan fingerprint density at radius 2 is 1.86 bits per heavy atom. The van der Waals surface area contributed by atoms with Crippen LogP contribution in [0.15, 0.2) is 55.0 Å². The maximum atomic E-state index is 13.0. The standard InChI is InChI=1S/C20H14F3N5O/c1-12(17-18(27-7-6-26-17)16-4-2-3-5-25-16)28-19(29)14-8-13(11-24)9-15(10-14)20(21,22)23/h2-10,12H,1H3,(H,28,29). The van der Waals surface area contributed by atoms with Gasteiger partial charge in [-0.3, -0.25) is 19.7 Å². The van der Waals surface area contributed by atoms with Crippen LogP contribution >= 0.6 is 0 Å². The highest BCUT2D eigenvalue weighted by Gasteiger charge is 2.32.